The molecule has 35 heavy (non-hydrogen) atoms. The molecule has 0 spiro atoms. The number of halogens is 1. The van der Waals surface area contributed by atoms with Crippen molar-refractivity contribution in [2.45, 2.75) is 9.79 Å². The van der Waals surface area contributed by atoms with Crippen LogP contribution in [-0.4, -0.2) is 95.3 Å². The number of carbonyl (C=O) groups is 1. The minimum Gasteiger partial charge on any atom is -0.379 e. The lowest BCUT2D eigenvalue weighted by Gasteiger charge is -2.33. The molecular formula is C22H27BrN4O6S2. The van der Waals surface area contributed by atoms with Crippen LogP contribution in [0, 0.1) is 0 Å². The first kappa shape index (κ1) is 26.2. The zero-order chi connectivity index (χ0) is 25.1. The largest absolute Gasteiger partial charge is 0.379 e. The van der Waals surface area contributed by atoms with Crippen molar-refractivity contribution in [2.75, 3.05) is 64.3 Å². The van der Waals surface area contributed by atoms with E-state index in [1.807, 2.05) is 4.90 Å². The number of nitrogens with one attached hydrogen (secondary N) is 1. The van der Waals surface area contributed by atoms with Gasteiger partial charge in [-0.05, 0) is 48.5 Å². The molecule has 0 aromatic heterocycles. The van der Waals surface area contributed by atoms with Crippen LogP contribution >= 0.6 is 15.9 Å². The molecule has 0 saturated carbocycles. The highest BCUT2D eigenvalue weighted by molar-refractivity contribution is 9.10. The minimum absolute atomic E-state index is 0.111. The molecule has 2 aromatic rings. The molecule has 1 amide bonds. The molecule has 2 heterocycles. The Morgan fingerprint density at radius 2 is 1.26 bits per heavy atom. The zero-order valence-electron chi connectivity index (χ0n) is 19.0. The summed E-state index contributed by atoms with van der Waals surface area (Å²) in [5.41, 5.74) is 0.493. The van der Waals surface area contributed by atoms with Gasteiger partial charge in [0.05, 0.1) is 29.5 Å². The first-order valence-corrected chi connectivity index (χ1v) is 14.8. The second-order valence-electron chi connectivity index (χ2n) is 8.22. The number of hydrogen-bond acceptors (Lipinski definition) is 7. The second-order valence-corrected chi connectivity index (χ2v) is 13.0. The number of piperazine rings is 1. The molecular weight excluding hydrogens is 560 g/mol. The van der Waals surface area contributed by atoms with Gasteiger partial charge in [-0.3, -0.25) is 9.69 Å². The maximum atomic E-state index is 12.8. The third-order valence-electron chi connectivity index (χ3n) is 5.90. The van der Waals surface area contributed by atoms with E-state index in [2.05, 4.69) is 21.2 Å². The summed E-state index contributed by atoms with van der Waals surface area (Å²) in [6.45, 7) is 2.94. The Bertz CT molecular complexity index is 1240. The second kappa shape index (κ2) is 11.0. The summed E-state index contributed by atoms with van der Waals surface area (Å²) in [5, 5.41) is 2.77. The number of amides is 1. The number of ether oxygens (including phenoxy) is 1. The summed E-state index contributed by atoms with van der Waals surface area (Å²) >= 11 is 3.31. The zero-order valence-corrected chi connectivity index (χ0v) is 22.2. The van der Waals surface area contributed by atoms with Crippen LogP contribution in [0.25, 0.3) is 0 Å². The van der Waals surface area contributed by atoms with Gasteiger partial charge in [0.25, 0.3) is 0 Å². The fourth-order valence-electron chi connectivity index (χ4n) is 3.93. The van der Waals surface area contributed by atoms with Crippen LogP contribution < -0.4 is 5.32 Å². The van der Waals surface area contributed by atoms with E-state index < -0.39 is 20.0 Å². The van der Waals surface area contributed by atoms with Crippen molar-refractivity contribution in [1.29, 1.82) is 0 Å². The van der Waals surface area contributed by atoms with Crippen LogP contribution in [0.15, 0.2) is 62.8 Å². The van der Waals surface area contributed by atoms with Crippen LogP contribution in [0.5, 0.6) is 0 Å². The number of rotatable bonds is 7. The van der Waals surface area contributed by atoms with Crippen molar-refractivity contribution in [3.05, 3.63) is 53.0 Å². The third kappa shape index (κ3) is 6.28. The average Bonchev–Trinajstić information content (AvgIpc) is 2.85. The molecule has 0 radical (unpaired) electrons. The van der Waals surface area contributed by atoms with Gasteiger partial charge in [0, 0.05) is 49.4 Å². The van der Waals surface area contributed by atoms with E-state index in [0.29, 0.717) is 58.2 Å². The number of hydrogen-bond donors (Lipinski definition) is 1. The standard InChI is InChI=1S/C22H27BrN4O6S2/c23-18-1-5-20(6-2-18)34(29,30)26-11-9-25(10-12-26)17-22(28)24-19-3-7-21(8-4-19)35(31,32)27-13-15-33-16-14-27/h1-8H,9-17H2,(H,24,28). The normalized spacial score (nSPS) is 18.9. The molecule has 10 nitrogen and oxygen atoms in total. The first-order chi connectivity index (χ1) is 16.7. The third-order valence-corrected chi connectivity index (χ3v) is 10.3. The van der Waals surface area contributed by atoms with Crippen LogP contribution in [0.3, 0.4) is 0 Å². The van der Waals surface area contributed by atoms with Gasteiger partial charge in [-0.25, -0.2) is 16.8 Å². The van der Waals surface area contributed by atoms with Gasteiger partial charge in [-0.1, -0.05) is 15.9 Å². The first-order valence-electron chi connectivity index (χ1n) is 11.1. The number of nitrogens with zero attached hydrogens (tertiary/aromatic N) is 3. The monoisotopic (exact) mass is 586 g/mol. The molecule has 0 aliphatic carbocycles. The summed E-state index contributed by atoms with van der Waals surface area (Å²) in [5.74, 6) is -0.252. The molecule has 2 aliphatic rings. The Kier molecular flexibility index (Phi) is 8.26. The number of sulfonamides is 2. The van der Waals surface area contributed by atoms with Crippen molar-refractivity contribution in [3.63, 3.8) is 0 Å². The lowest BCUT2D eigenvalue weighted by atomic mass is 10.3. The number of benzene rings is 2. The number of carbonyl (C=O) groups excluding carboxylic acids is 1. The molecule has 0 atom stereocenters. The Hall–Kier alpha value is -1.87. The SMILES string of the molecule is O=C(CN1CCN(S(=O)(=O)c2ccc(Br)cc2)CC1)Nc1ccc(S(=O)(=O)N2CCOCC2)cc1. The summed E-state index contributed by atoms with van der Waals surface area (Å²) in [7, 11) is -7.17. The summed E-state index contributed by atoms with van der Waals surface area (Å²) < 4.78 is 59.9. The molecule has 0 unspecified atom stereocenters. The van der Waals surface area contributed by atoms with Crippen molar-refractivity contribution < 1.29 is 26.4 Å². The summed E-state index contributed by atoms with van der Waals surface area (Å²) in [6, 6.07) is 12.6. The summed E-state index contributed by atoms with van der Waals surface area (Å²) in [6.07, 6.45) is 0. The number of morpholine rings is 1. The molecule has 1 N–H and O–H groups in total. The molecule has 2 aromatic carbocycles. The quantitative estimate of drug-likeness (QED) is 0.521. The van der Waals surface area contributed by atoms with Crippen molar-refractivity contribution in [3.8, 4) is 0 Å². The van der Waals surface area contributed by atoms with Gasteiger partial charge in [-0.15, -0.1) is 0 Å². The molecule has 13 heteroatoms. The van der Waals surface area contributed by atoms with Crippen molar-refractivity contribution >= 4 is 47.6 Å². The molecule has 190 valence electrons. The van der Waals surface area contributed by atoms with E-state index in [1.165, 1.54) is 20.7 Å². The average molecular weight is 588 g/mol. The van der Waals surface area contributed by atoms with Crippen LogP contribution in [-0.2, 0) is 29.6 Å². The van der Waals surface area contributed by atoms with E-state index >= 15 is 0 Å². The van der Waals surface area contributed by atoms with E-state index in [9.17, 15) is 21.6 Å². The van der Waals surface area contributed by atoms with Crippen molar-refractivity contribution in [2.24, 2.45) is 0 Å². The lowest BCUT2D eigenvalue weighted by molar-refractivity contribution is -0.117. The minimum atomic E-state index is -3.59. The van der Waals surface area contributed by atoms with Crippen LogP contribution in [0.2, 0.25) is 0 Å². The van der Waals surface area contributed by atoms with E-state index in [1.54, 1.807) is 36.4 Å². The maximum Gasteiger partial charge on any atom is 0.243 e. The van der Waals surface area contributed by atoms with Gasteiger partial charge < -0.3 is 10.1 Å². The Labute approximate surface area is 214 Å². The highest BCUT2D eigenvalue weighted by Gasteiger charge is 2.29. The Balaban J connectivity index is 1.28. The van der Waals surface area contributed by atoms with E-state index in [-0.39, 0.29) is 22.2 Å². The van der Waals surface area contributed by atoms with Crippen molar-refractivity contribution in [1.82, 2.24) is 13.5 Å². The maximum absolute atomic E-state index is 12.8. The van der Waals surface area contributed by atoms with Gasteiger partial charge in [-0.2, -0.15) is 8.61 Å². The fourth-order valence-corrected chi connectivity index (χ4v) is 7.03. The topological polar surface area (TPSA) is 116 Å². The highest BCUT2D eigenvalue weighted by Crippen LogP contribution is 2.21. The van der Waals surface area contributed by atoms with Crippen LogP contribution in [0.1, 0.15) is 0 Å². The summed E-state index contributed by atoms with van der Waals surface area (Å²) in [4.78, 5) is 14.8. The van der Waals surface area contributed by atoms with Gasteiger partial charge in [0.1, 0.15) is 0 Å². The van der Waals surface area contributed by atoms with E-state index in [0.717, 1.165) is 4.47 Å². The van der Waals surface area contributed by atoms with E-state index in [4.69, 9.17) is 4.74 Å². The van der Waals surface area contributed by atoms with Gasteiger partial charge >= 0.3 is 0 Å². The predicted molar refractivity (Wildman–Crippen MR) is 134 cm³/mol. The fraction of sp³-hybridized carbons (Fsp3) is 0.409. The molecule has 2 saturated heterocycles. The molecule has 2 fully saturated rings. The van der Waals surface area contributed by atoms with Gasteiger partial charge in [0.2, 0.25) is 26.0 Å². The molecule has 4 rings (SSSR count). The molecule has 2 aliphatic heterocycles. The smallest absolute Gasteiger partial charge is 0.243 e. The Morgan fingerprint density at radius 3 is 1.80 bits per heavy atom. The highest BCUT2D eigenvalue weighted by atomic mass is 79.9. The predicted octanol–water partition coefficient (Wildman–Crippen LogP) is 1.42. The lowest BCUT2D eigenvalue weighted by Crippen LogP contribution is -2.50. The Morgan fingerprint density at radius 1 is 0.771 bits per heavy atom. The van der Waals surface area contributed by atoms with Crippen LogP contribution in [0.4, 0.5) is 5.69 Å². The molecule has 0 bridgehead atoms. The number of anilines is 1. The van der Waals surface area contributed by atoms with Gasteiger partial charge in [0.15, 0.2) is 0 Å².